The molecule has 1 aliphatic heterocycles. The van der Waals surface area contributed by atoms with E-state index in [1.165, 1.54) is 37.6 Å². The van der Waals surface area contributed by atoms with Crippen LogP contribution in [0.2, 0.25) is 0 Å². The SMILES string of the molecule is COCCCN1C(=O)C(Nc2cc(OC)c(OC)c(OC)c2)=C(c2cccs2)C1=O. The third-order valence-electron chi connectivity index (χ3n) is 4.60. The molecule has 0 spiro atoms. The molecule has 2 amide bonds. The highest BCUT2D eigenvalue weighted by atomic mass is 32.1. The molecule has 1 aromatic carbocycles. The van der Waals surface area contributed by atoms with Crippen molar-refractivity contribution in [2.24, 2.45) is 0 Å². The molecular formula is C21H24N2O6S. The summed E-state index contributed by atoms with van der Waals surface area (Å²) in [5.74, 6) is 0.604. The standard InChI is InChI=1S/C21H24N2O6S/c1-26-9-6-8-23-20(24)17(16-7-5-10-30-16)18(21(23)25)22-13-11-14(27-2)19(29-4)15(12-13)28-3/h5,7,10-12,22H,6,8-9H2,1-4H3. The number of hydrogen-bond donors (Lipinski definition) is 1. The van der Waals surface area contributed by atoms with E-state index in [-0.39, 0.29) is 24.1 Å². The first-order valence-corrected chi connectivity index (χ1v) is 10.1. The number of thiophene rings is 1. The van der Waals surface area contributed by atoms with Crippen LogP contribution in [0.1, 0.15) is 11.3 Å². The second-order valence-electron chi connectivity index (χ2n) is 6.37. The summed E-state index contributed by atoms with van der Waals surface area (Å²) in [6, 6.07) is 7.04. The van der Waals surface area contributed by atoms with E-state index in [0.717, 1.165) is 4.88 Å². The van der Waals surface area contributed by atoms with E-state index >= 15 is 0 Å². The third kappa shape index (κ3) is 4.12. The van der Waals surface area contributed by atoms with Crippen LogP contribution >= 0.6 is 11.3 Å². The van der Waals surface area contributed by atoms with Crippen molar-refractivity contribution >= 4 is 34.4 Å². The van der Waals surface area contributed by atoms with E-state index < -0.39 is 0 Å². The van der Waals surface area contributed by atoms with E-state index in [9.17, 15) is 9.59 Å². The molecule has 0 aliphatic carbocycles. The van der Waals surface area contributed by atoms with Gasteiger partial charge in [-0.3, -0.25) is 14.5 Å². The van der Waals surface area contributed by atoms with Gasteiger partial charge in [0.2, 0.25) is 5.75 Å². The third-order valence-corrected chi connectivity index (χ3v) is 5.49. The summed E-state index contributed by atoms with van der Waals surface area (Å²) in [6.45, 7) is 0.738. The van der Waals surface area contributed by atoms with E-state index in [0.29, 0.717) is 41.5 Å². The van der Waals surface area contributed by atoms with Crippen LogP contribution in [0.15, 0.2) is 35.3 Å². The minimum Gasteiger partial charge on any atom is -0.493 e. The van der Waals surface area contributed by atoms with E-state index in [1.54, 1.807) is 19.2 Å². The molecule has 2 heterocycles. The fourth-order valence-corrected chi connectivity index (χ4v) is 3.98. The first-order chi connectivity index (χ1) is 14.5. The topological polar surface area (TPSA) is 86.3 Å². The lowest BCUT2D eigenvalue weighted by molar-refractivity contribution is -0.136. The monoisotopic (exact) mass is 432 g/mol. The van der Waals surface area contributed by atoms with Crippen molar-refractivity contribution in [3.05, 3.63) is 40.2 Å². The Morgan fingerprint density at radius 1 is 1.00 bits per heavy atom. The summed E-state index contributed by atoms with van der Waals surface area (Å²) >= 11 is 1.40. The second kappa shape index (κ2) is 9.64. The Morgan fingerprint density at radius 2 is 1.70 bits per heavy atom. The number of rotatable bonds is 10. The molecule has 0 radical (unpaired) electrons. The lowest BCUT2D eigenvalue weighted by atomic mass is 10.1. The van der Waals surface area contributed by atoms with Crippen molar-refractivity contribution in [2.75, 3.05) is 46.9 Å². The summed E-state index contributed by atoms with van der Waals surface area (Å²) in [5.41, 5.74) is 1.10. The van der Waals surface area contributed by atoms with E-state index in [4.69, 9.17) is 18.9 Å². The number of imide groups is 1. The average molecular weight is 432 g/mol. The lowest BCUT2D eigenvalue weighted by Gasteiger charge is -2.16. The predicted octanol–water partition coefficient (Wildman–Crippen LogP) is 3.00. The van der Waals surface area contributed by atoms with Gasteiger partial charge in [-0.15, -0.1) is 11.3 Å². The molecule has 0 saturated carbocycles. The maximum absolute atomic E-state index is 13.1. The van der Waals surface area contributed by atoms with E-state index in [2.05, 4.69) is 5.32 Å². The Bertz CT molecular complexity index is 929. The molecule has 1 aromatic heterocycles. The highest BCUT2D eigenvalue weighted by molar-refractivity contribution is 7.11. The predicted molar refractivity (Wildman–Crippen MR) is 114 cm³/mol. The molecule has 0 unspecified atom stereocenters. The minimum absolute atomic E-state index is 0.217. The van der Waals surface area contributed by atoms with Gasteiger partial charge in [-0.25, -0.2) is 0 Å². The van der Waals surface area contributed by atoms with Gasteiger partial charge in [0.1, 0.15) is 5.70 Å². The van der Waals surface area contributed by atoms with Crippen LogP contribution in [0.3, 0.4) is 0 Å². The number of carbonyl (C=O) groups excluding carboxylic acids is 2. The number of nitrogens with one attached hydrogen (secondary N) is 1. The van der Waals surface area contributed by atoms with Crippen molar-refractivity contribution in [1.82, 2.24) is 4.90 Å². The first-order valence-electron chi connectivity index (χ1n) is 9.26. The number of benzene rings is 1. The Labute approximate surface area is 179 Å². The van der Waals surface area contributed by atoms with Crippen LogP contribution < -0.4 is 19.5 Å². The zero-order chi connectivity index (χ0) is 21.7. The summed E-state index contributed by atoms with van der Waals surface area (Å²) < 4.78 is 21.2. The number of carbonyl (C=O) groups is 2. The lowest BCUT2D eigenvalue weighted by Crippen LogP contribution is -2.33. The number of nitrogens with zero attached hydrogens (tertiary/aromatic N) is 1. The van der Waals surface area contributed by atoms with Gasteiger partial charge in [-0.1, -0.05) is 6.07 Å². The molecule has 9 heteroatoms. The molecule has 2 aromatic rings. The number of hydrogen-bond acceptors (Lipinski definition) is 8. The second-order valence-corrected chi connectivity index (χ2v) is 7.32. The van der Waals surface area contributed by atoms with Crippen molar-refractivity contribution in [3.8, 4) is 17.2 Å². The smallest absolute Gasteiger partial charge is 0.278 e. The molecule has 0 saturated heterocycles. The maximum Gasteiger partial charge on any atom is 0.278 e. The first kappa shape index (κ1) is 21.7. The molecule has 3 rings (SSSR count). The summed E-state index contributed by atoms with van der Waals surface area (Å²) in [6.07, 6.45) is 0.559. The zero-order valence-electron chi connectivity index (χ0n) is 17.3. The Hall–Kier alpha value is -3.04. The minimum atomic E-state index is -0.381. The highest BCUT2D eigenvalue weighted by Gasteiger charge is 2.39. The molecule has 160 valence electrons. The molecular weight excluding hydrogens is 408 g/mol. The molecule has 0 atom stereocenters. The summed E-state index contributed by atoms with van der Waals surface area (Å²) in [5, 5.41) is 4.97. The summed E-state index contributed by atoms with van der Waals surface area (Å²) in [7, 11) is 6.13. The van der Waals surface area contributed by atoms with Crippen molar-refractivity contribution in [2.45, 2.75) is 6.42 Å². The molecule has 8 nitrogen and oxygen atoms in total. The van der Waals surface area contributed by atoms with Gasteiger partial charge >= 0.3 is 0 Å². The molecule has 1 aliphatic rings. The van der Waals surface area contributed by atoms with Gasteiger partial charge < -0.3 is 24.3 Å². The largest absolute Gasteiger partial charge is 0.493 e. The van der Waals surface area contributed by atoms with Gasteiger partial charge in [0.05, 0.1) is 26.9 Å². The van der Waals surface area contributed by atoms with Gasteiger partial charge in [0.15, 0.2) is 11.5 Å². The number of amides is 2. The van der Waals surface area contributed by atoms with Crippen molar-refractivity contribution in [1.29, 1.82) is 0 Å². The molecule has 1 N–H and O–H groups in total. The van der Waals surface area contributed by atoms with Crippen LogP contribution in [0.4, 0.5) is 5.69 Å². The summed E-state index contributed by atoms with van der Waals surface area (Å²) in [4.78, 5) is 28.1. The maximum atomic E-state index is 13.1. The van der Waals surface area contributed by atoms with Gasteiger partial charge in [0, 0.05) is 43.0 Å². The van der Waals surface area contributed by atoms with Crippen LogP contribution in [0.5, 0.6) is 17.2 Å². The van der Waals surface area contributed by atoms with Gasteiger partial charge in [-0.2, -0.15) is 0 Å². The Morgan fingerprint density at radius 3 is 2.23 bits per heavy atom. The van der Waals surface area contributed by atoms with Crippen LogP contribution in [-0.2, 0) is 14.3 Å². The Balaban J connectivity index is 2.01. The fraction of sp³-hybridized carbons (Fsp3) is 0.333. The van der Waals surface area contributed by atoms with Crippen LogP contribution in [0, 0.1) is 0 Å². The zero-order valence-corrected chi connectivity index (χ0v) is 18.1. The number of methoxy groups -OCH3 is 4. The normalized spacial score (nSPS) is 13.8. The van der Waals surface area contributed by atoms with Crippen molar-refractivity contribution < 1.29 is 28.5 Å². The Kier molecular flexibility index (Phi) is 6.96. The van der Waals surface area contributed by atoms with Gasteiger partial charge in [-0.05, 0) is 17.9 Å². The molecule has 0 bridgehead atoms. The fourth-order valence-electron chi connectivity index (χ4n) is 3.21. The molecule has 30 heavy (non-hydrogen) atoms. The molecule has 0 fully saturated rings. The number of anilines is 1. The van der Waals surface area contributed by atoms with Crippen LogP contribution in [-0.4, -0.2) is 58.3 Å². The van der Waals surface area contributed by atoms with E-state index in [1.807, 2.05) is 17.5 Å². The van der Waals surface area contributed by atoms with Gasteiger partial charge in [0.25, 0.3) is 11.8 Å². The highest BCUT2D eigenvalue weighted by Crippen LogP contribution is 2.41. The van der Waals surface area contributed by atoms with Crippen LogP contribution in [0.25, 0.3) is 5.57 Å². The quantitative estimate of drug-likeness (QED) is 0.456. The number of ether oxygens (including phenoxy) is 4. The average Bonchev–Trinajstić information content (AvgIpc) is 3.35. The van der Waals surface area contributed by atoms with Crippen molar-refractivity contribution in [3.63, 3.8) is 0 Å².